The summed E-state index contributed by atoms with van der Waals surface area (Å²) >= 11 is 1.70. The second-order valence-corrected chi connectivity index (χ2v) is 2.53. The van der Waals surface area contributed by atoms with E-state index in [1.807, 2.05) is 23.6 Å². The van der Waals surface area contributed by atoms with Gasteiger partial charge in [0.1, 0.15) is 0 Å². The molecule has 0 bridgehead atoms. The summed E-state index contributed by atoms with van der Waals surface area (Å²) in [5.41, 5.74) is 0. The van der Waals surface area contributed by atoms with Crippen molar-refractivity contribution in [2.75, 3.05) is 7.11 Å². The standard InChI is InChI=1S/C7H8OS/c1-8-5-4-7-3-2-6-9-7/h2-6H,1H3/b5-4+. The maximum Gasteiger partial charge on any atom is 0.0838 e. The summed E-state index contributed by atoms with van der Waals surface area (Å²) < 4.78 is 4.74. The summed E-state index contributed by atoms with van der Waals surface area (Å²) in [7, 11) is 1.64. The van der Waals surface area contributed by atoms with Crippen molar-refractivity contribution in [2.24, 2.45) is 0 Å². The van der Waals surface area contributed by atoms with Gasteiger partial charge in [0.15, 0.2) is 0 Å². The Bertz CT molecular complexity index is 177. The first-order valence-corrected chi connectivity index (χ1v) is 3.54. The average molecular weight is 140 g/mol. The van der Waals surface area contributed by atoms with E-state index in [9.17, 15) is 0 Å². The van der Waals surface area contributed by atoms with Gasteiger partial charge in [-0.25, -0.2) is 0 Å². The molecule has 0 radical (unpaired) electrons. The van der Waals surface area contributed by atoms with Crippen molar-refractivity contribution in [3.8, 4) is 0 Å². The lowest BCUT2D eigenvalue weighted by Crippen LogP contribution is -1.62. The van der Waals surface area contributed by atoms with Crippen molar-refractivity contribution in [3.05, 3.63) is 28.7 Å². The van der Waals surface area contributed by atoms with Crippen molar-refractivity contribution < 1.29 is 4.74 Å². The Morgan fingerprint density at radius 3 is 3.11 bits per heavy atom. The lowest BCUT2D eigenvalue weighted by molar-refractivity contribution is 0.341. The predicted octanol–water partition coefficient (Wildman–Crippen LogP) is 2.37. The highest BCUT2D eigenvalue weighted by atomic mass is 32.1. The van der Waals surface area contributed by atoms with Crippen LogP contribution >= 0.6 is 11.3 Å². The van der Waals surface area contributed by atoms with Gasteiger partial charge < -0.3 is 4.74 Å². The van der Waals surface area contributed by atoms with Crippen molar-refractivity contribution in [3.63, 3.8) is 0 Å². The molecule has 1 aromatic heterocycles. The fourth-order valence-electron chi connectivity index (χ4n) is 0.521. The molecule has 0 saturated heterocycles. The van der Waals surface area contributed by atoms with Gasteiger partial charge in [-0.2, -0.15) is 0 Å². The fraction of sp³-hybridized carbons (Fsp3) is 0.143. The summed E-state index contributed by atoms with van der Waals surface area (Å²) in [6.45, 7) is 0. The van der Waals surface area contributed by atoms with E-state index in [0.29, 0.717) is 0 Å². The Hall–Kier alpha value is -0.760. The van der Waals surface area contributed by atoms with E-state index in [4.69, 9.17) is 4.74 Å². The highest BCUT2D eigenvalue weighted by Crippen LogP contribution is 2.09. The molecule has 9 heavy (non-hydrogen) atoms. The number of ether oxygens (including phenoxy) is 1. The summed E-state index contributed by atoms with van der Waals surface area (Å²) in [6, 6.07) is 4.06. The molecule has 1 rings (SSSR count). The topological polar surface area (TPSA) is 9.23 Å². The number of rotatable bonds is 2. The first-order chi connectivity index (χ1) is 4.43. The van der Waals surface area contributed by atoms with Gasteiger partial charge in [-0.1, -0.05) is 6.07 Å². The molecule has 0 saturated carbocycles. The molecule has 0 aliphatic heterocycles. The number of thiophene rings is 1. The maximum atomic E-state index is 4.74. The third-order valence-electron chi connectivity index (χ3n) is 0.912. The molecule has 0 spiro atoms. The van der Waals surface area contributed by atoms with Gasteiger partial charge in [0.05, 0.1) is 13.4 Å². The molecule has 1 nitrogen and oxygen atoms in total. The summed E-state index contributed by atoms with van der Waals surface area (Å²) in [5, 5.41) is 2.04. The van der Waals surface area contributed by atoms with E-state index in [1.165, 1.54) is 4.88 Å². The Labute approximate surface area is 58.6 Å². The molecule has 0 aliphatic rings. The molecular formula is C7H8OS. The van der Waals surface area contributed by atoms with Gasteiger partial charge in [0, 0.05) is 4.88 Å². The normalized spacial score (nSPS) is 10.3. The van der Waals surface area contributed by atoms with Crippen molar-refractivity contribution in [2.45, 2.75) is 0 Å². The molecule has 1 heterocycles. The Morgan fingerprint density at radius 2 is 2.56 bits per heavy atom. The van der Waals surface area contributed by atoms with Crippen LogP contribution < -0.4 is 0 Å². The van der Waals surface area contributed by atoms with Crippen molar-refractivity contribution >= 4 is 17.4 Å². The van der Waals surface area contributed by atoms with E-state index < -0.39 is 0 Å². The van der Waals surface area contributed by atoms with Crippen LogP contribution in [0.5, 0.6) is 0 Å². The van der Waals surface area contributed by atoms with Gasteiger partial charge >= 0.3 is 0 Å². The van der Waals surface area contributed by atoms with E-state index in [2.05, 4.69) is 0 Å². The minimum Gasteiger partial charge on any atom is -0.504 e. The van der Waals surface area contributed by atoms with Crippen LogP contribution in [0.15, 0.2) is 23.8 Å². The second-order valence-electron chi connectivity index (χ2n) is 1.55. The van der Waals surface area contributed by atoms with Gasteiger partial charge in [0.25, 0.3) is 0 Å². The molecule has 0 fully saturated rings. The monoisotopic (exact) mass is 140 g/mol. The molecule has 0 amide bonds. The summed E-state index contributed by atoms with van der Waals surface area (Å²) in [5.74, 6) is 0. The molecule has 1 aromatic rings. The number of hydrogen-bond acceptors (Lipinski definition) is 2. The molecule has 0 atom stereocenters. The van der Waals surface area contributed by atoms with Crippen LogP contribution in [0.25, 0.3) is 6.08 Å². The van der Waals surface area contributed by atoms with Gasteiger partial charge in [-0.15, -0.1) is 11.3 Å². The van der Waals surface area contributed by atoms with E-state index in [0.717, 1.165) is 0 Å². The zero-order valence-electron chi connectivity index (χ0n) is 5.20. The van der Waals surface area contributed by atoms with Gasteiger partial charge in [0.2, 0.25) is 0 Å². The first-order valence-electron chi connectivity index (χ1n) is 2.66. The van der Waals surface area contributed by atoms with Crippen LogP contribution in [0.1, 0.15) is 4.88 Å². The van der Waals surface area contributed by atoms with E-state index >= 15 is 0 Å². The molecule has 0 N–H and O–H groups in total. The molecule has 0 unspecified atom stereocenters. The van der Waals surface area contributed by atoms with Crippen molar-refractivity contribution in [1.82, 2.24) is 0 Å². The van der Waals surface area contributed by atoms with Crippen molar-refractivity contribution in [1.29, 1.82) is 0 Å². The quantitative estimate of drug-likeness (QED) is 0.573. The van der Waals surface area contributed by atoms with Crippen LogP contribution in [0.4, 0.5) is 0 Å². The SMILES string of the molecule is CO/C=C/c1cccs1. The highest BCUT2D eigenvalue weighted by molar-refractivity contribution is 7.10. The highest BCUT2D eigenvalue weighted by Gasteiger charge is 1.82. The predicted molar refractivity (Wildman–Crippen MR) is 40.4 cm³/mol. The maximum absolute atomic E-state index is 4.74. The first kappa shape index (κ1) is 6.36. The van der Waals surface area contributed by atoms with Gasteiger partial charge in [-0.3, -0.25) is 0 Å². The molecule has 2 heteroatoms. The van der Waals surface area contributed by atoms with Gasteiger partial charge in [-0.05, 0) is 17.5 Å². The molecule has 0 aliphatic carbocycles. The van der Waals surface area contributed by atoms with Crippen LogP contribution in [-0.2, 0) is 4.74 Å². The Kier molecular flexibility index (Phi) is 2.33. The smallest absolute Gasteiger partial charge is 0.0838 e. The minimum atomic E-state index is 1.22. The lowest BCUT2D eigenvalue weighted by atomic mass is 10.5. The third kappa shape index (κ3) is 1.90. The van der Waals surface area contributed by atoms with Crippen LogP contribution in [0.3, 0.4) is 0 Å². The zero-order valence-corrected chi connectivity index (χ0v) is 6.02. The number of methoxy groups -OCH3 is 1. The van der Waals surface area contributed by atoms with E-state index in [1.54, 1.807) is 24.7 Å². The summed E-state index contributed by atoms with van der Waals surface area (Å²) in [4.78, 5) is 1.22. The summed E-state index contributed by atoms with van der Waals surface area (Å²) in [6.07, 6.45) is 3.61. The largest absolute Gasteiger partial charge is 0.504 e. The molecule has 48 valence electrons. The zero-order chi connectivity index (χ0) is 6.53. The van der Waals surface area contributed by atoms with Crippen LogP contribution in [0, 0.1) is 0 Å². The third-order valence-corrected chi connectivity index (χ3v) is 1.75. The van der Waals surface area contributed by atoms with Crippen LogP contribution in [-0.4, -0.2) is 7.11 Å². The molecular weight excluding hydrogens is 132 g/mol. The minimum absolute atomic E-state index is 1.22. The lowest BCUT2D eigenvalue weighted by Gasteiger charge is -1.83. The van der Waals surface area contributed by atoms with Crippen LogP contribution in [0.2, 0.25) is 0 Å². The molecule has 0 aromatic carbocycles. The van der Waals surface area contributed by atoms with E-state index in [-0.39, 0.29) is 0 Å². The Morgan fingerprint density at radius 1 is 1.67 bits per heavy atom. The Balaban J connectivity index is 2.57. The fourth-order valence-corrected chi connectivity index (χ4v) is 1.13. The average Bonchev–Trinajstić information content (AvgIpc) is 2.34. The number of hydrogen-bond donors (Lipinski definition) is 0. The second kappa shape index (κ2) is 3.30.